The van der Waals surface area contributed by atoms with Crippen LogP contribution in [0.25, 0.3) is 11.1 Å². The number of carbonyl (C=O) groups excluding carboxylic acids is 1. The van der Waals surface area contributed by atoms with Crippen LogP contribution in [-0.4, -0.2) is 45.4 Å². The SMILES string of the molecule is CC(C)(C)OC(=O)N(C[C@@H](O)c1ccc(Cl)cc1)[C@H]1CCc2ccc(-c3ccc(F)c(C(=O)O)c3)cc2C1. The predicted molar refractivity (Wildman–Crippen MR) is 144 cm³/mol. The topological polar surface area (TPSA) is 87.1 Å². The molecule has 38 heavy (non-hydrogen) atoms. The highest BCUT2D eigenvalue weighted by molar-refractivity contribution is 6.30. The summed E-state index contributed by atoms with van der Waals surface area (Å²) >= 11 is 5.99. The Morgan fingerprint density at radius 2 is 1.71 bits per heavy atom. The van der Waals surface area contributed by atoms with Gasteiger partial charge in [0.2, 0.25) is 0 Å². The van der Waals surface area contributed by atoms with Gasteiger partial charge in [0.15, 0.2) is 0 Å². The number of halogens is 2. The summed E-state index contributed by atoms with van der Waals surface area (Å²) in [6, 6.07) is 16.5. The first kappa shape index (κ1) is 27.6. The number of aliphatic hydroxyl groups excluding tert-OH is 1. The highest BCUT2D eigenvalue weighted by Crippen LogP contribution is 2.32. The minimum absolute atomic E-state index is 0.0518. The molecule has 1 aliphatic rings. The number of aryl methyl sites for hydroxylation is 1. The van der Waals surface area contributed by atoms with Crippen molar-refractivity contribution in [2.24, 2.45) is 0 Å². The maximum absolute atomic E-state index is 13.9. The molecule has 0 bridgehead atoms. The summed E-state index contributed by atoms with van der Waals surface area (Å²) < 4.78 is 19.6. The molecule has 6 nitrogen and oxygen atoms in total. The first-order chi connectivity index (χ1) is 17.9. The van der Waals surface area contributed by atoms with E-state index in [1.165, 1.54) is 6.07 Å². The molecule has 0 saturated heterocycles. The maximum Gasteiger partial charge on any atom is 0.410 e. The largest absolute Gasteiger partial charge is 0.478 e. The van der Waals surface area contributed by atoms with Gasteiger partial charge < -0.3 is 19.8 Å². The molecular weight excluding hydrogens is 509 g/mol. The second kappa shape index (κ2) is 11.1. The van der Waals surface area contributed by atoms with Crippen LogP contribution in [0, 0.1) is 5.82 Å². The molecule has 0 heterocycles. The first-order valence-electron chi connectivity index (χ1n) is 12.5. The normalized spacial score (nSPS) is 15.9. The number of ether oxygens (including phenoxy) is 1. The number of aromatic carboxylic acids is 1. The summed E-state index contributed by atoms with van der Waals surface area (Å²) in [5, 5.41) is 20.8. The van der Waals surface area contributed by atoms with Crippen LogP contribution in [-0.2, 0) is 17.6 Å². The number of fused-ring (bicyclic) bond motifs is 1. The second-order valence-electron chi connectivity index (χ2n) is 10.6. The maximum atomic E-state index is 13.9. The number of aliphatic hydroxyl groups is 1. The number of rotatable bonds is 6. The Kier molecular flexibility index (Phi) is 8.09. The Labute approximate surface area is 226 Å². The quantitative estimate of drug-likeness (QED) is 0.365. The minimum atomic E-state index is -1.32. The predicted octanol–water partition coefficient (Wildman–Crippen LogP) is 6.67. The zero-order valence-electron chi connectivity index (χ0n) is 21.6. The molecule has 0 aliphatic heterocycles. The number of benzene rings is 3. The number of nitrogens with zero attached hydrogens (tertiary/aromatic N) is 1. The van der Waals surface area contributed by atoms with Crippen LogP contribution in [0.2, 0.25) is 5.02 Å². The lowest BCUT2D eigenvalue weighted by atomic mass is 9.85. The molecule has 0 spiro atoms. The third kappa shape index (κ3) is 6.52. The summed E-state index contributed by atoms with van der Waals surface area (Å²) in [5.41, 5.74) is 3.05. The highest BCUT2D eigenvalue weighted by Gasteiger charge is 2.33. The van der Waals surface area contributed by atoms with E-state index >= 15 is 0 Å². The second-order valence-corrected chi connectivity index (χ2v) is 11.0. The average molecular weight is 540 g/mol. The van der Waals surface area contributed by atoms with E-state index in [1.807, 2.05) is 18.2 Å². The molecule has 0 fully saturated rings. The van der Waals surface area contributed by atoms with Gasteiger partial charge in [0, 0.05) is 11.1 Å². The molecule has 2 atom stereocenters. The smallest absolute Gasteiger partial charge is 0.410 e. The van der Waals surface area contributed by atoms with Gasteiger partial charge in [-0.25, -0.2) is 14.0 Å². The standard InChI is InChI=1S/C30H31ClFNO5/c1-30(2,3)38-29(37)33(17-27(34)19-6-10-23(31)11-7-19)24-12-8-18-4-5-20(14-22(18)15-24)21-9-13-26(32)25(16-21)28(35)36/h4-7,9-11,13-14,16,24,27,34H,8,12,15,17H2,1-3H3,(H,35,36)/t24-,27+/m0/s1. The Morgan fingerprint density at radius 1 is 1.05 bits per heavy atom. The molecule has 2 N–H and O–H groups in total. The molecule has 0 saturated carbocycles. The molecule has 200 valence electrons. The Hall–Kier alpha value is -3.42. The van der Waals surface area contributed by atoms with Crippen molar-refractivity contribution in [1.29, 1.82) is 0 Å². The number of hydrogen-bond acceptors (Lipinski definition) is 4. The number of hydrogen-bond donors (Lipinski definition) is 2. The molecule has 3 aromatic carbocycles. The molecule has 1 amide bonds. The summed E-state index contributed by atoms with van der Waals surface area (Å²) in [6.07, 6.45) is 0.517. The van der Waals surface area contributed by atoms with Crippen molar-refractivity contribution in [2.75, 3.05) is 6.54 Å². The van der Waals surface area contributed by atoms with Crippen LogP contribution < -0.4 is 0 Å². The number of carbonyl (C=O) groups is 2. The van der Waals surface area contributed by atoms with E-state index in [9.17, 15) is 24.2 Å². The molecule has 0 unspecified atom stereocenters. The van der Waals surface area contributed by atoms with Crippen LogP contribution in [0.4, 0.5) is 9.18 Å². The summed E-state index contributed by atoms with van der Waals surface area (Å²) in [6.45, 7) is 5.45. The van der Waals surface area contributed by atoms with Crippen molar-refractivity contribution in [1.82, 2.24) is 4.90 Å². The molecule has 3 aromatic rings. The Morgan fingerprint density at radius 3 is 2.37 bits per heavy atom. The van der Waals surface area contributed by atoms with Gasteiger partial charge >= 0.3 is 12.1 Å². The summed E-state index contributed by atoms with van der Waals surface area (Å²) in [4.78, 5) is 26.3. The fourth-order valence-corrected chi connectivity index (χ4v) is 4.85. The van der Waals surface area contributed by atoms with Gasteiger partial charge in [-0.05, 0) is 92.1 Å². The van der Waals surface area contributed by atoms with Crippen LogP contribution in [0.5, 0.6) is 0 Å². The van der Waals surface area contributed by atoms with E-state index < -0.39 is 29.6 Å². The van der Waals surface area contributed by atoms with Gasteiger partial charge in [-0.2, -0.15) is 0 Å². The minimum Gasteiger partial charge on any atom is -0.478 e. The van der Waals surface area contributed by atoms with Crippen LogP contribution >= 0.6 is 11.6 Å². The summed E-state index contributed by atoms with van der Waals surface area (Å²) in [5.74, 6) is -2.11. The Bertz CT molecular complexity index is 1340. The molecular formula is C30H31ClFNO5. The highest BCUT2D eigenvalue weighted by atomic mass is 35.5. The van der Waals surface area contributed by atoms with E-state index in [0.29, 0.717) is 29.0 Å². The lowest BCUT2D eigenvalue weighted by molar-refractivity contribution is 0.00194. The van der Waals surface area contributed by atoms with Gasteiger partial charge in [0.25, 0.3) is 0 Å². The number of amides is 1. The molecule has 8 heteroatoms. The number of carboxylic acid groups (broad SMARTS) is 1. The van der Waals surface area contributed by atoms with Crippen molar-refractivity contribution >= 4 is 23.7 Å². The van der Waals surface area contributed by atoms with E-state index in [1.54, 1.807) is 56.0 Å². The van der Waals surface area contributed by atoms with Gasteiger partial charge in [-0.1, -0.05) is 48.0 Å². The molecule has 4 rings (SSSR count). The van der Waals surface area contributed by atoms with Gasteiger partial charge in [-0.15, -0.1) is 0 Å². The van der Waals surface area contributed by atoms with E-state index in [2.05, 4.69) is 0 Å². The first-order valence-corrected chi connectivity index (χ1v) is 12.9. The molecule has 0 radical (unpaired) electrons. The third-order valence-electron chi connectivity index (χ3n) is 6.63. The summed E-state index contributed by atoms with van der Waals surface area (Å²) in [7, 11) is 0. The van der Waals surface area contributed by atoms with Crippen molar-refractivity contribution in [3.8, 4) is 11.1 Å². The van der Waals surface area contributed by atoms with Crippen molar-refractivity contribution < 1.29 is 28.9 Å². The monoisotopic (exact) mass is 539 g/mol. The molecule has 1 aliphatic carbocycles. The fraction of sp³-hybridized carbons (Fsp3) is 0.333. The van der Waals surface area contributed by atoms with Gasteiger partial charge in [0.1, 0.15) is 11.4 Å². The zero-order chi connectivity index (χ0) is 27.6. The third-order valence-corrected chi connectivity index (χ3v) is 6.88. The van der Waals surface area contributed by atoms with Gasteiger partial charge in [0.05, 0.1) is 18.2 Å². The van der Waals surface area contributed by atoms with Crippen molar-refractivity contribution in [2.45, 2.75) is 57.8 Å². The zero-order valence-corrected chi connectivity index (χ0v) is 22.3. The van der Waals surface area contributed by atoms with Crippen molar-refractivity contribution in [3.63, 3.8) is 0 Å². The molecule has 0 aromatic heterocycles. The van der Waals surface area contributed by atoms with E-state index in [4.69, 9.17) is 16.3 Å². The lowest BCUT2D eigenvalue weighted by Gasteiger charge is -2.37. The van der Waals surface area contributed by atoms with Crippen LogP contribution in [0.15, 0.2) is 60.7 Å². The van der Waals surface area contributed by atoms with Crippen LogP contribution in [0.3, 0.4) is 0 Å². The van der Waals surface area contributed by atoms with Crippen LogP contribution in [0.1, 0.15) is 60.3 Å². The lowest BCUT2D eigenvalue weighted by Crippen LogP contribution is -2.47. The van der Waals surface area contributed by atoms with E-state index in [0.717, 1.165) is 29.2 Å². The van der Waals surface area contributed by atoms with Gasteiger partial charge in [-0.3, -0.25) is 0 Å². The Balaban J connectivity index is 1.62. The fourth-order valence-electron chi connectivity index (χ4n) is 4.72. The number of carboxylic acids is 1. The van der Waals surface area contributed by atoms with E-state index in [-0.39, 0.29) is 18.2 Å². The average Bonchev–Trinajstić information content (AvgIpc) is 2.86. The van der Waals surface area contributed by atoms with Crippen molar-refractivity contribution in [3.05, 3.63) is 93.8 Å².